The lowest BCUT2D eigenvalue weighted by atomic mass is 10.2. The Morgan fingerprint density at radius 2 is 2.17 bits per heavy atom. The van der Waals surface area contributed by atoms with Crippen molar-refractivity contribution in [2.45, 2.75) is 25.6 Å². The summed E-state index contributed by atoms with van der Waals surface area (Å²) >= 11 is 0. The fourth-order valence-corrected chi connectivity index (χ4v) is 1.37. The summed E-state index contributed by atoms with van der Waals surface area (Å²) in [6, 6.07) is -0.975. The molecule has 0 spiro atoms. The number of likely N-dealkylation sites (tertiary alicyclic amines) is 1. The lowest BCUT2D eigenvalue weighted by Gasteiger charge is -2.18. The Morgan fingerprint density at radius 3 is 2.50 bits per heavy atom. The molecule has 1 fully saturated rings. The molecule has 0 aromatic heterocycles. The Kier molecular flexibility index (Phi) is 2.30. The molecule has 2 atom stereocenters. The van der Waals surface area contributed by atoms with Crippen LogP contribution in [-0.4, -0.2) is 40.6 Å². The third-order valence-corrected chi connectivity index (χ3v) is 1.94. The summed E-state index contributed by atoms with van der Waals surface area (Å²) in [5.41, 5.74) is 0. The summed E-state index contributed by atoms with van der Waals surface area (Å²) in [5.74, 6) is -1.52. The highest BCUT2D eigenvalue weighted by Crippen LogP contribution is 2.20. The molecular formula is C7H10FNO3. The summed E-state index contributed by atoms with van der Waals surface area (Å²) in [4.78, 5) is 22.4. The van der Waals surface area contributed by atoms with E-state index in [1.807, 2.05) is 0 Å². The van der Waals surface area contributed by atoms with Gasteiger partial charge in [-0.05, 0) is 0 Å². The molecule has 1 aliphatic rings. The molecule has 0 aromatic rings. The molecule has 0 saturated carbocycles. The zero-order valence-corrected chi connectivity index (χ0v) is 6.66. The van der Waals surface area contributed by atoms with E-state index < -0.39 is 18.2 Å². The minimum Gasteiger partial charge on any atom is -0.480 e. The second-order valence-electron chi connectivity index (χ2n) is 2.86. The molecule has 1 amide bonds. The second kappa shape index (κ2) is 3.08. The summed E-state index contributed by atoms with van der Waals surface area (Å²) < 4.78 is 12.7. The van der Waals surface area contributed by atoms with E-state index in [2.05, 4.69) is 0 Å². The molecule has 4 nitrogen and oxygen atoms in total. The number of rotatable bonds is 1. The number of carboxylic acids is 1. The standard InChI is InChI=1S/C7H10FNO3/c1-4(10)9-3-5(8)2-6(9)7(11)12/h5-6H,2-3H2,1H3,(H,11,12)/t5?,6-/m1/s1. The quantitative estimate of drug-likeness (QED) is 0.611. The molecule has 68 valence electrons. The van der Waals surface area contributed by atoms with Gasteiger partial charge in [-0.3, -0.25) is 4.79 Å². The maximum Gasteiger partial charge on any atom is 0.326 e. The van der Waals surface area contributed by atoms with Crippen LogP contribution in [0.2, 0.25) is 0 Å². The number of hydrogen-bond donors (Lipinski definition) is 1. The third-order valence-electron chi connectivity index (χ3n) is 1.94. The highest BCUT2D eigenvalue weighted by atomic mass is 19.1. The number of hydrogen-bond acceptors (Lipinski definition) is 2. The van der Waals surface area contributed by atoms with Crippen molar-refractivity contribution in [2.75, 3.05) is 6.54 Å². The van der Waals surface area contributed by atoms with Crippen LogP contribution in [0.15, 0.2) is 0 Å². The van der Waals surface area contributed by atoms with Crippen LogP contribution in [0.5, 0.6) is 0 Å². The smallest absolute Gasteiger partial charge is 0.326 e. The van der Waals surface area contributed by atoms with E-state index in [9.17, 15) is 14.0 Å². The van der Waals surface area contributed by atoms with E-state index in [1.165, 1.54) is 6.92 Å². The van der Waals surface area contributed by atoms with Crippen molar-refractivity contribution in [3.05, 3.63) is 0 Å². The van der Waals surface area contributed by atoms with Crippen molar-refractivity contribution >= 4 is 11.9 Å². The first-order valence-electron chi connectivity index (χ1n) is 3.66. The topological polar surface area (TPSA) is 57.6 Å². The van der Waals surface area contributed by atoms with E-state index in [0.29, 0.717) is 0 Å². The highest BCUT2D eigenvalue weighted by molar-refractivity contribution is 5.83. The molecule has 1 saturated heterocycles. The van der Waals surface area contributed by atoms with Gasteiger partial charge in [-0.15, -0.1) is 0 Å². The van der Waals surface area contributed by atoms with Crippen LogP contribution in [-0.2, 0) is 9.59 Å². The van der Waals surface area contributed by atoms with Crippen molar-refractivity contribution in [3.8, 4) is 0 Å². The van der Waals surface area contributed by atoms with Gasteiger partial charge in [-0.1, -0.05) is 0 Å². The first kappa shape index (κ1) is 8.96. The van der Waals surface area contributed by atoms with Crippen molar-refractivity contribution in [1.29, 1.82) is 0 Å². The minimum absolute atomic E-state index is 0.0884. The predicted octanol–water partition coefficient (Wildman–Crippen LogP) is 0.0299. The molecule has 5 heteroatoms. The molecule has 0 aliphatic carbocycles. The van der Waals surface area contributed by atoms with Gasteiger partial charge >= 0.3 is 5.97 Å². The lowest BCUT2D eigenvalue weighted by molar-refractivity contribution is -0.147. The van der Waals surface area contributed by atoms with Crippen molar-refractivity contribution in [3.63, 3.8) is 0 Å². The molecule has 1 unspecified atom stereocenters. The van der Waals surface area contributed by atoms with E-state index in [-0.39, 0.29) is 18.9 Å². The van der Waals surface area contributed by atoms with Crippen molar-refractivity contribution in [1.82, 2.24) is 4.90 Å². The van der Waals surface area contributed by atoms with Gasteiger partial charge in [0.05, 0.1) is 6.54 Å². The minimum atomic E-state index is -1.20. The Hall–Kier alpha value is -1.13. The van der Waals surface area contributed by atoms with Crippen molar-refractivity contribution in [2.24, 2.45) is 0 Å². The number of aliphatic carboxylic acids is 1. The average Bonchev–Trinajstić information content (AvgIpc) is 2.31. The maximum absolute atomic E-state index is 12.7. The van der Waals surface area contributed by atoms with Crippen LogP contribution >= 0.6 is 0 Å². The number of carboxylic acid groups (broad SMARTS) is 1. The molecule has 1 aliphatic heterocycles. The number of carbonyl (C=O) groups is 2. The van der Waals surface area contributed by atoms with Gasteiger partial charge in [0.25, 0.3) is 0 Å². The van der Waals surface area contributed by atoms with Gasteiger partial charge in [0.15, 0.2) is 0 Å². The summed E-state index contributed by atoms with van der Waals surface area (Å²) in [6.07, 6.45) is -1.29. The molecule has 0 radical (unpaired) electrons. The Morgan fingerprint density at radius 1 is 1.58 bits per heavy atom. The van der Waals surface area contributed by atoms with E-state index in [1.54, 1.807) is 0 Å². The first-order valence-corrected chi connectivity index (χ1v) is 3.66. The normalized spacial score (nSPS) is 29.0. The predicted molar refractivity (Wildman–Crippen MR) is 38.3 cm³/mol. The Labute approximate surface area is 69.0 Å². The largest absolute Gasteiger partial charge is 0.480 e. The molecular weight excluding hydrogens is 165 g/mol. The molecule has 1 heterocycles. The molecule has 1 rings (SSSR count). The monoisotopic (exact) mass is 175 g/mol. The fourth-order valence-electron chi connectivity index (χ4n) is 1.37. The lowest BCUT2D eigenvalue weighted by Crippen LogP contribution is -2.39. The van der Waals surface area contributed by atoms with Gasteiger partial charge in [0.2, 0.25) is 5.91 Å². The molecule has 1 N–H and O–H groups in total. The average molecular weight is 175 g/mol. The molecule has 12 heavy (non-hydrogen) atoms. The zero-order chi connectivity index (χ0) is 9.30. The first-order chi connectivity index (χ1) is 5.52. The van der Waals surface area contributed by atoms with Gasteiger partial charge in [-0.25, -0.2) is 9.18 Å². The van der Waals surface area contributed by atoms with Crippen molar-refractivity contribution < 1.29 is 19.1 Å². The summed E-state index contributed by atoms with van der Waals surface area (Å²) in [7, 11) is 0. The Bertz CT molecular complexity index is 197. The SMILES string of the molecule is CC(=O)N1CC(F)C[C@@H]1C(=O)O. The van der Waals surface area contributed by atoms with Gasteiger partial charge in [-0.2, -0.15) is 0 Å². The summed E-state index contributed by atoms with van der Waals surface area (Å²) in [5, 5.41) is 8.59. The molecule has 0 bridgehead atoms. The van der Waals surface area contributed by atoms with E-state index in [0.717, 1.165) is 4.90 Å². The van der Waals surface area contributed by atoms with Crippen LogP contribution in [0.25, 0.3) is 0 Å². The maximum atomic E-state index is 12.7. The van der Waals surface area contributed by atoms with Crippen LogP contribution in [0.4, 0.5) is 4.39 Å². The number of alkyl halides is 1. The zero-order valence-electron chi connectivity index (χ0n) is 6.66. The number of halogens is 1. The van der Waals surface area contributed by atoms with Crippen LogP contribution in [0.3, 0.4) is 0 Å². The number of carbonyl (C=O) groups excluding carboxylic acids is 1. The second-order valence-corrected chi connectivity index (χ2v) is 2.86. The number of nitrogens with zero attached hydrogens (tertiary/aromatic N) is 1. The van der Waals surface area contributed by atoms with E-state index >= 15 is 0 Å². The highest BCUT2D eigenvalue weighted by Gasteiger charge is 2.38. The van der Waals surface area contributed by atoms with Crippen LogP contribution < -0.4 is 0 Å². The van der Waals surface area contributed by atoms with Gasteiger partial charge < -0.3 is 10.0 Å². The fraction of sp³-hybridized carbons (Fsp3) is 0.714. The van der Waals surface area contributed by atoms with Gasteiger partial charge in [0.1, 0.15) is 12.2 Å². The van der Waals surface area contributed by atoms with Gasteiger partial charge in [0, 0.05) is 13.3 Å². The summed E-state index contributed by atoms with van der Waals surface area (Å²) in [6.45, 7) is 1.15. The number of amides is 1. The Balaban J connectivity index is 2.72. The molecule has 0 aromatic carbocycles. The van der Waals surface area contributed by atoms with Crippen LogP contribution in [0, 0.1) is 0 Å². The van der Waals surface area contributed by atoms with Crippen LogP contribution in [0.1, 0.15) is 13.3 Å². The third kappa shape index (κ3) is 1.54. The van der Waals surface area contributed by atoms with E-state index in [4.69, 9.17) is 5.11 Å².